The Hall–Kier alpha value is -2.53. The summed E-state index contributed by atoms with van der Waals surface area (Å²) in [6.07, 6.45) is 0. The van der Waals surface area contributed by atoms with Gasteiger partial charge < -0.3 is 10.1 Å². The molecule has 0 spiro atoms. The third-order valence-corrected chi connectivity index (χ3v) is 3.08. The van der Waals surface area contributed by atoms with Crippen LogP contribution in [0.5, 0.6) is 0 Å². The Balaban J connectivity index is 2.16. The largest absolute Gasteiger partial charge is 0.392 e. The van der Waals surface area contributed by atoms with E-state index >= 15 is 0 Å². The molecule has 2 aromatic carbocycles. The van der Waals surface area contributed by atoms with Crippen molar-refractivity contribution in [3.63, 3.8) is 0 Å². The van der Waals surface area contributed by atoms with Gasteiger partial charge in [-0.2, -0.15) is 0 Å². The summed E-state index contributed by atoms with van der Waals surface area (Å²) in [5.41, 5.74) is 1.57. The summed E-state index contributed by atoms with van der Waals surface area (Å²) in [5, 5.41) is 9.22. The van der Waals surface area contributed by atoms with Crippen molar-refractivity contribution in [2.24, 2.45) is 0 Å². The van der Waals surface area contributed by atoms with Gasteiger partial charge in [0.05, 0.1) is 17.5 Å². The third kappa shape index (κ3) is 2.19. The Labute approximate surface area is 113 Å². The summed E-state index contributed by atoms with van der Waals surface area (Å²) < 4.78 is 13.1. The molecule has 0 aliphatic rings. The maximum Gasteiger partial charge on any atom is 0.259 e. The molecule has 1 heterocycles. The summed E-state index contributed by atoms with van der Waals surface area (Å²) in [4.78, 5) is 18.9. The smallest absolute Gasteiger partial charge is 0.259 e. The second-order valence-electron chi connectivity index (χ2n) is 4.43. The van der Waals surface area contributed by atoms with Gasteiger partial charge in [0, 0.05) is 5.56 Å². The first kappa shape index (κ1) is 12.5. The van der Waals surface area contributed by atoms with Crippen molar-refractivity contribution in [3.8, 4) is 11.4 Å². The van der Waals surface area contributed by atoms with E-state index in [1.54, 1.807) is 24.3 Å². The third-order valence-electron chi connectivity index (χ3n) is 3.08. The molecule has 100 valence electrons. The predicted octanol–water partition coefficient (Wildman–Crippen LogP) is 2.22. The number of halogens is 1. The van der Waals surface area contributed by atoms with E-state index in [4.69, 9.17) is 5.11 Å². The lowest BCUT2D eigenvalue weighted by molar-refractivity contribution is 0.282. The Bertz CT molecular complexity index is 825. The lowest BCUT2D eigenvalue weighted by atomic mass is 10.1. The standard InChI is InChI=1S/C15H11FN2O2/c16-11-5-6-13-12(7-11)15(20)18-14(17-13)10-3-1-9(8-19)2-4-10/h1-7,19H,8H2,(H,17,18,20). The number of hydrogen-bond acceptors (Lipinski definition) is 3. The average Bonchev–Trinajstić information content (AvgIpc) is 2.48. The molecule has 3 aromatic rings. The van der Waals surface area contributed by atoms with Crippen molar-refractivity contribution in [1.82, 2.24) is 9.97 Å². The quantitative estimate of drug-likeness (QED) is 0.750. The zero-order valence-electron chi connectivity index (χ0n) is 10.4. The molecule has 0 radical (unpaired) electrons. The number of benzene rings is 2. The van der Waals surface area contributed by atoms with Gasteiger partial charge in [0.2, 0.25) is 0 Å². The van der Waals surface area contributed by atoms with Gasteiger partial charge in [-0.15, -0.1) is 0 Å². The zero-order valence-corrected chi connectivity index (χ0v) is 10.4. The van der Waals surface area contributed by atoms with E-state index in [-0.39, 0.29) is 17.6 Å². The SMILES string of the molecule is O=c1[nH]c(-c2ccc(CO)cc2)nc2ccc(F)cc12. The van der Waals surface area contributed by atoms with Gasteiger partial charge in [-0.3, -0.25) is 4.79 Å². The first-order valence-corrected chi connectivity index (χ1v) is 6.07. The Morgan fingerprint density at radius 3 is 2.60 bits per heavy atom. The number of nitrogens with zero attached hydrogens (tertiary/aromatic N) is 1. The average molecular weight is 270 g/mol. The van der Waals surface area contributed by atoms with Crippen LogP contribution in [0.1, 0.15) is 5.56 Å². The Morgan fingerprint density at radius 1 is 1.15 bits per heavy atom. The van der Waals surface area contributed by atoms with E-state index < -0.39 is 5.82 Å². The van der Waals surface area contributed by atoms with Gasteiger partial charge in [-0.25, -0.2) is 9.37 Å². The maximum atomic E-state index is 13.1. The number of aliphatic hydroxyl groups excluding tert-OH is 1. The van der Waals surface area contributed by atoms with Crippen molar-refractivity contribution in [3.05, 3.63) is 64.2 Å². The molecule has 0 aliphatic carbocycles. The van der Waals surface area contributed by atoms with Crippen LogP contribution in [-0.2, 0) is 6.61 Å². The molecule has 20 heavy (non-hydrogen) atoms. The first-order valence-electron chi connectivity index (χ1n) is 6.07. The molecule has 5 heteroatoms. The summed E-state index contributed by atoms with van der Waals surface area (Å²) in [7, 11) is 0. The Kier molecular flexibility index (Phi) is 3.04. The predicted molar refractivity (Wildman–Crippen MR) is 73.7 cm³/mol. The van der Waals surface area contributed by atoms with Gasteiger partial charge in [-0.05, 0) is 23.8 Å². The molecule has 0 fully saturated rings. The highest BCUT2D eigenvalue weighted by Gasteiger charge is 2.06. The molecular formula is C15H11FN2O2. The summed E-state index contributed by atoms with van der Waals surface area (Å²) >= 11 is 0. The van der Waals surface area contributed by atoms with E-state index in [9.17, 15) is 9.18 Å². The van der Waals surface area contributed by atoms with Gasteiger partial charge in [0.15, 0.2) is 0 Å². The number of aliphatic hydroxyl groups is 1. The Morgan fingerprint density at radius 2 is 1.90 bits per heavy atom. The van der Waals surface area contributed by atoms with Crippen LogP contribution in [0.2, 0.25) is 0 Å². The van der Waals surface area contributed by atoms with E-state index in [1.807, 2.05) is 0 Å². The molecule has 0 saturated carbocycles. The number of aromatic nitrogens is 2. The number of H-pyrrole nitrogens is 1. The van der Waals surface area contributed by atoms with E-state index in [0.29, 0.717) is 11.3 Å². The van der Waals surface area contributed by atoms with Crippen LogP contribution >= 0.6 is 0 Å². The fourth-order valence-corrected chi connectivity index (χ4v) is 2.02. The van der Waals surface area contributed by atoms with Crippen molar-refractivity contribution in [1.29, 1.82) is 0 Å². The van der Waals surface area contributed by atoms with Crippen LogP contribution in [-0.4, -0.2) is 15.1 Å². The van der Waals surface area contributed by atoms with Crippen molar-refractivity contribution in [2.75, 3.05) is 0 Å². The number of hydrogen-bond donors (Lipinski definition) is 2. The number of fused-ring (bicyclic) bond motifs is 1. The number of nitrogens with one attached hydrogen (secondary N) is 1. The second kappa shape index (κ2) is 4.86. The topological polar surface area (TPSA) is 66.0 Å². The van der Waals surface area contributed by atoms with Crippen LogP contribution in [0.15, 0.2) is 47.3 Å². The molecule has 0 atom stereocenters. The minimum Gasteiger partial charge on any atom is -0.392 e. The van der Waals surface area contributed by atoms with E-state index in [0.717, 1.165) is 11.1 Å². The molecule has 2 N–H and O–H groups in total. The molecule has 4 nitrogen and oxygen atoms in total. The van der Waals surface area contributed by atoms with Crippen LogP contribution in [0, 0.1) is 5.82 Å². The summed E-state index contributed by atoms with van der Waals surface area (Å²) in [5.74, 6) is -0.0524. The molecule has 0 aliphatic heterocycles. The van der Waals surface area contributed by atoms with Gasteiger partial charge >= 0.3 is 0 Å². The molecule has 0 amide bonds. The lowest BCUT2D eigenvalue weighted by Crippen LogP contribution is -2.09. The highest BCUT2D eigenvalue weighted by atomic mass is 19.1. The lowest BCUT2D eigenvalue weighted by Gasteiger charge is -2.04. The minimum absolute atomic E-state index is 0.0405. The molecule has 0 unspecified atom stereocenters. The normalized spacial score (nSPS) is 10.9. The van der Waals surface area contributed by atoms with Crippen molar-refractivity contribution < 1.29 is 9.50 Å². The second-order valence-corrected chi connectivity index (χ2v) is 4.43. The van der Waals surface area contributed by atoms with Crippen LogP contribution in [0.3, 0.4) is 0 Å². The summed E-state index contributed by atoms with van der Waals surface area (Å²) in [6, 6.07) is 10.9. The van der Waals surface area contributed by atoms with Crippen molar-refractivity contribution in [2.45, 2.75) is 6.61 Å². The van der Waals surface area contributed by atoms with Crippen LogP contribution in [0.4, 0.5) is 4.39 Å². The van der Waals surface area contributed by atoms with Crippen molar-refractivity contribution >= 4 is 10.9 Å². The minimum atomic E-state index is -0.468. The fraction of sp³-hybridized carbons (Fsp3) is 0.0667. The van der Waals surface area contributed by atoms with Crippen LogP contribution in [0.25, 0.3) is 22.3 Å². The number of aromatic amines is 1. The zero-order chi connectivity index (χ0) is 14.1. The van der Waals surface area contributed by atoms with E-state index in [1.165, 1.54) is 18.2 Å². The fourth-order valence-electron chi connectivity index (χ4n) is 2.02. The maximum absolute atomic E-state index is 13.1. The van der Waals surface area contributed by atoms with Gasteiger partial charge in [-0.1, -0.05) is 24.3 Å². The molecule has 1 aromatic heterocycles. The first-order chi connectivity index (χ1) is 9.67. The molecule has 3 rings (SSSR count). The summed E-state index contributed by atoms with van der Waals surface area (Å²) in [6.45, 7) is -0.0405. The molecule has 0 bridgehead atoms. The highest BCUT2D eigenvalue weighted by Crippen LogP contribution is 2.17. The number of rotatable bonds is 2. The van der Waals surface area contributed by atoms with Gasteiger partial charge in [0.1, 0.15) is 11.6 Å². The molecule has 0 saturated heterocycles. The monoisotopic (exact) mass is 270 g/mol. The molecular weight excluding hydrogens is 259 g/mol. The van der Waals surface area contributed by atoms with Crippen LogP contribution < -0.4 is 5.56 Å². The van der Waals surface area contributed by atoms with Gasteiger partial charge in [0.25, 0.3) is 5.56 Å². The van der Waals surface area contributed by atoms with E-state index in [2.05, 4.69) is 9.97 Å². The highest BCUT2D eigenvalue weighted by molar-refractivity contribution is 5.79.